The molecule has 9 heteroatoms. The topological polar surface area (TPSA) is 59.8 Å². The molecule has 1 heterocycles. The molecule has 1 N–H and O–H groups in total. The van der Waals surface area contributed by atoms with Crippen molar-refractivity contribution in [3.05, 3.63) is 68.4 Å². The first-order valence-electron chi connectivity index (χ1n) is 8.50. The molecule has 0 radical (unpaired) electrons. The molecule has 28 heavy (non-hydrogen) atoms. The minimum absolute atomic E-state index is 0.154. The van der Waals surface area contributed by atoms with E-state index in [4.69, 9.17) is 23.2 Å². The van der Waals surface area contributed by atoms with Crippen molar-refractivity contribution in [2.45, 2.75) is 25.0 Å². The number of benzene rings is 2. The van der Waals surface area contributed by atoms with E-state index in [1.807, 2.05) is 41.8 Å². The number of thioether (sulfide) groups is 1. The summed E-state index contributed by atoms with van der Waals surface area (Å²) in [5.74, 6) is 0.911. The van der Waals surface area contributed by atoms with Gasteiger partial charge in [-0.15, -0.1) is 10.2 Å². The second kappa shape index (κ2) is 9.78. The molecule has 0 unspecified atom stereocenters. The summed E-state index contributed by atoms with van der Waals surface area (Å²) in [4.78, 5) is 12.3. The first-order chi connectivity index (χ1) is 13.5. The maximum absolute atomic E-state index is 12.3. The van der Waals surface area contributed by atoms with E-state index in [0.29, 0.717) is 27.3 Å². The molecule has 0 spiro atoms. The molecule has 3 rings (SSSR count). The number of nitrogens with zero attached hydrogens (tertiary/aromatic N) is 3. The summed E-state index contributed by atoms with van der Waals surface area (Å²) in [6.07, 6.45) is 0.652. The van der Waals surface area contributed by atoms with Crippen molar-refractivity contribution >= 4 is 62.5 Å². The molecule has 1 aromatic heterocycles. The highest BCUT2D eigenvalue weighted by Crippen LogP contribution is 2.26. The van der Waals surface area contributed by atoms with Crippen molar-refractivity contribution in [3.63, 3.8) is 0 Å². The Morgan fingerprint density at radius 1 is 1.18 bits per heavy atom. The van der Waals surface area contributed by atoms with Crippen molar-refractivity contribution in [1.82, 2.24) is 14.8 Å². The maximum Gasteiger partial charge on any atom is 0.234 e. The lowest BCUT2D eigenvalue weighted by Crippen LogP contribution is -2.15. The second-order valence-electron chi connectivity index (χ2n) is 5.91. The highest BCUT2D eigenvalue weighted by atomic mass is 79.9. The molecule has 0 aliphatic rings. The minimum atomic E-state index is -0.154. The largest absolute Gasteiger partial charge is 0.324 e. The lowest BCUT2D eigenvalue weighted by molar-refractivity contribution is -0.113. The fourth-order valence-electron chi connectivity index (χ4n) is 2.57. The smallest absolute Gasteiger partial charge is 0.234 e. The molecule has 1 amide bonds. The Morgan fingerprint density at radius 2 is 1.93 bits per heavy atom. The van der Waals surface area contributed by atoms with Crippen LogP contribution < -0.4 is 5.32 Å². The third-order valence-electron chi connectivity index (χ3n) is 3.92. The predicted molar refractivity (Wildman–Crippen MR) is 118 cm³/mol. The number of anilines is 1. The second-order valence-corrected chi connectivity index (χ2v) is 8.61. The van der Waals surface area contributed by atoms with Gasteiger partial charge in [0.2, 0.25) is 5.91 Å². The Bertz CT molecular complexity index is 979. The fourth-order valence-corrected chi connectivity index (χ4v) is 4.23. The van der Waals surface area contributed by atoms with Crippen LogP contribution in [0.1, 0.15) is 18.3 Å². The number of hydrogen-bond donors (Lipinski definition) is 1. The molecule has 0 saturated carbocycles. The number of carbonyl (C=O) groups is 1. The first-order valence-corrected chi connectivity index (χ1v) is 11.0. The molecule has 0 aliphatic carbocycles. The van der Waals surface area contributed by atoms with Crippen molar-refractivity contribution in [3.8, 4) is 0 Å². The van der Waals surface area contributed by atoms with Crippen LogP contribution in [0.3, 0.4) is 0 Å². The van der Waals surface area contributed by atoms with Gasteiger partial charge in [0.25, 0.3) is 0 Å². The van der Waals surface area contributed by atoms with E-state index in [1.54, 1.807) is 12.1 Å². The average Bonchev–Trinajstić information content (AvgIpc) is 3.05. The van der Waals surface area contributed by atoms with Crippen molar-refractivity contribution in [1.29, 1.82) is 0 Å². The number of carbonyl (C=O) groups excluding carboxylic acids is 1. The van der Waals surface area contributed by atoms with Gasteiger partial charge in [0.15, 0.2) is 5.16 Å². The van der Waals surface area contributed by atoms with E-state index in [-0.39, 0.29) is 11.7 Å². The van der Waals surface area contributed by atoms with Crippen LogP contribution in [-0.2, 0) is 17.8 Å². The van der Waals surface area contributed by atoms with Gasteiger partial charge in [-0.3, -0.25) is 4.79 Å². The monoisotopic (exact) mass is 498 g/mol. The number of hydrogen-bond acceptors (Lipinski definition) is 4. The van der Waals surface area contributed by atoms with Crippen LogP contribution >= 0.6 is 50.9 Å². The van der Waals surface area contributed by atoms with Crippen molar-refractivity contribution in [2.24, 2.45) is 0 Å². The van der Waals surface area contributed by atoms with E-state index >= 15 is 0 Å². The normalized spacial score (nSPS) is 10.9. The Balaban J connectivity index is 1.63. The predicted octanol–water partition coefficient (Wildman–Crippen LogP) is 5.69. The number of rotatable bonds is 7. The van der Waals surface area contributed by atoms with Crippen molar-refractivity contribution in [2.75, 3.05) is 11.1 Å². The summed E-state index contributed by atoms with van der Waals surface area (Å²) in [6, 6.07) is 13.0. The molecule has 3 aromatic rings. The van der Waals surface area contributed by atoms with Gasteiger partial charge in [-0.25, -0.2) is 0 Å². The van der Waals surface area contributed by atoms with Gasteiger partial charge in [0, 0.05) is 22.5 Å². The lowest BCUT2D eigenvalue weighted by Gasteiger charge is -2.09. The number of nitrogens with one attached hydrogen (secondary N) is 1. The van der Waals surface area contributed by atoms with Gasteiger partial charge in [0.1, 0.15) is 5.82 Å². The van der Waals surface area contributed by atoms with Crippen LogP contribution in [0.4, 0.5) is 5.69 Å². The fraction of sp³-hybridized carbons (Fsp3) is 0.211. The molecular formula is C19H17BrCl2N4OS. The standard InChI is InChI=1S/C19H17BrCl2N4OS/c1-2-26-17(9-12-3-6-14(21)7-4-12)24-25-19(26)28-11-18(27)23-16-8-5-13(20)10-15(16)22/h3-8,10H,2,9,11H2,1H3,(H,23,27). The van der Waals surface area contributed by atoms with E-state index < -0.39 is 0 Å². The zero-order valence-corrected chi connectivity index (χ0v) is 18.9. The molecule has 0 saturated heterocycles. The molecular weight excluding hydrogens is 483 g/mol. The minimum Gasteiger partial charge on any atom is -0.324 e. The molecule has 0 fully saturated rings. The lowest BCUT2D eigenvalue weighted by atomic mass is 10.1. The number of amides is 1. The number of aromatic nitrogens is 3. The Labute approximate surface area is 186 Å². The molecule has 146 valence electrons. The van der Waals surface area contributed by atoms with Crippen LogP contribution in [0, 0.1) is 0 Å². The molecule has 5 nitrogen and oxygen atoms in total. The summed E-state index contributed by atoms with van der Waals surface area (Å²) in [6.45, 7) is 2.75. The molecule has 0 aliphatic heterocycles. The van der Waals surface area contributed by atoms with Crippen LogP contribution in [0.2, 0.25) is 10.0 Å². The van der Waals surface area contributed by atoms with E-state index in [0.717, 1.165) is 22.4 Å². The Hall–Kier alpha value is -1.54. The SMILES string of the molecule is CCn1c(Cc2ccc(Cl)cc2)nnc1SCC(=O)Nc1ccc(Br)cc1Cl. The molecule has 0 bridgehead atoms. The van der Waals surface area contributed by atoms with E-state index in [9.17, 15) is 4.79 Å². The maximum atomic E-state index is 12.3. The van der Waals surface area contributed by atoms with Gasteiger partial charge in [-0.05, 0) is 42.8 Å². The molecule has 0 atom stereocenters. The first kappa shape index (κ1) is 21.2. The summed E-state index contributed by atoms with van der Waals surface area (Å²) < 4.78 is 2.87. The quantitative estimate of drug-likeness (QED) is 0.424. The van der Waals surface area contributed by atoms with Crippen molar-refractivity contribution < 1.29 is 4.79 Å². The van der Waals surface area contributed by atoms with Crippen LogP contribution in [-0.4, -0.2) is 26.4 Å². The zero-order chi connectivity index (χ0) is 20.1. The third-order valence-corrected chi connectivity index (χ3v) is 5.95. The third kappa shape index (κ3) is 5.50. The van der Waals surface area contributed by atoms with Crippen LogP contribution in [0.5, 0.6) is 0 Å². The zero-order valence-electron chi connectivity index (χ0n) is 15.0. The number of halogens is 3. The summed E-state index contributed by atoms with van der Waals surface area (Å²) in [7, 11) is 0. The van der Waals surface area contributed by atoms with Gasteiger partial charge < -0.3 is 9.88 Å². The van der Waals surface area contributed by atoms with Gasteiger partial charge >= 0.3 is 0 Å². The van der Waals surface area contributed by atoms with Gasteiger partial charge in [0.05, 0.1) is 16.5 Å². The van der Waals surface area contributed by atoms with Gasteiger partial charge in [-0.1, -0.05) is 63.0 Å². The summed E-state index contributed by atoms with van der Waals surface area (Å²) in [5, 5.41) is 13.2. The summed E-state index contributed by atoms with van der Waals surface area (Å²) in [5.41, 5.74) is 1.68. The highest BCUT2D eigenvalue weighted by Gasteiger charge is 2.14. The Kier molecular flexibility index (Phi) is 7.40. The Morgan fingerprint density at radius 3 is 2.61 bits per heavy atom. The van der Waals surface area contributed by atoms with Gasteiger partial charge in [-0.2, -0.15) is 0 Å². The average molecular weight is 500 g/mol. The molecule has 2 aromatic carbocycles. The van der Waals surface area contributed by atoms with E-state index in [1.165, 1.54) is 11.8 Å². The summed E-state index contributed by atoms with van der Waals surface area (Å²) >= 11 is 16.8. The highest BCUT2D eigenvalue weighted by molar-refractivity contribution is 9.10. The van der Waals surface area contributed by atoms with Crippen LogP contribution in [0.25, 0.3) is 0 Å². The van der Waals surface area contributed by atoms with E-state index in [2.05, 4.69) is 31.4 Å². The van der Waals surface area contributed by atoms with Crippen LogP contribution in [0.15, 0.2) is 52.1 Å².